The van der Waals surface area contributed by atoms with Gasteiger partial charge in [0, 0.05) is 62.8 Å². The predicted molar refractivity (Wildman–Crippen MR) is 213 cm³/mol. The molecule has 269 valence electrons. The van der Waals surface area contributed by atoms with E-state index in [1.54, 1.807) is 60.7 Å². The summed E-state index contributed by atoms with van der Waals surface area (Å²) in [6.45, 7) is 2.11. The SMILES string of the molecule is [2H]C([2H])([2H])c1c[c-]c(-c2ccc(C([2H])([2H])C(C)(C)C)cn2)cc1.[2H]C([2H])([2H])c1ccc2c(n1)oc1c(-c3cc(-c4ccc(CC(C)(C)C)cc4C([2H])([2H])[2H])c(C([2H])([2H])[2H])cn3)[c-]ccc12.[Ir]. The normalized spacial score (nSPS) is 16.9. The van der Waals surface area contributed by atoms with Crippen LogP contribution in [-0.2, 0) is 32.9 Å². The number of benzene rings is 3. The van der Waals surface area contributed by atoms with Gasteiger partial charge < -0.3 is 14.4 Å². The van der Waals surface area contributed by atoms with E-state index in [1.165, 1.54) is 24.5 Å². The average Bonchev–Trinajstić information content (AvgIpc) is 3.57. The topological polar surface area (TPSA) is 51.8 Å². The Kier molecular flexibility index (Phi) is 7.22. The zero-order valence-corrected chi connectivity index (χ0v) is 32.3. The van der Waals surface area contributed by atoms with Gasteiger partial charge >= 0.3 is 0 Å². The molecular formula is C47H49IrN3O-2. The van der Waals surface area contributed by atoms with Crippen molar-refractivity contribution in [3.8, 4) is 33.6 Å². The summed E-state index contributed by atoms with van der Waals surface area (Å²) in [4.78, 5) is 12.9. The molecule has 0 spiro atoms. The molecule has 7 aromatic rings. The first kappa shape index (κ1) is 24.0. The second kappa shape index (κ2) is 15.7. The van der Waals surface area contributed by atoms with Crippen LogP contribution in [0.1, 0.15) is 94.2 Å². The summed E-state index contributed by atoms with van der Waals surface area (Å²) in [7, 11) is 0. The number of rotatable bonds is 5. The van der Waals surface area contributed by atoms with Crippen LogP contribution in [0.5, 0.6) is 0 Å². The van der Waals surface area contributed by atoms with Gasteiger partial charge in [-0.3, -0.25) is 0 Å². The molecule has 0 aliphatic rings. The minimum absolute atomic E-state index is 0. The number of fused-ring (bicyclic) bond motifs is 3. The minimum atomic E-state index is -2.57. The molecule has 0 saturated heterocycles. The van der Waals surface area contributed by atoms with Gasteiger partial charge in [-0.2, -0.15) is 0 Å². The summed E-state index contributed by atoms with van der Waals surface area (Å²) in [6.07, 6.45) is 1.93. The van der Waals surface area contributed by atoms with Crippen LogP contribution in [0, 0.1) is 50.4 Å². The summed E-state index contributed by atoms with van der Waals surface area (Å²) in [5.41, 5.74) is 3.86. The number of aryl methyl sites for hydroxylation is 4. The van der Waals surface area contributed by atoms with Crippen molar-refractivity contribution in [2.75, 3.05) is 0 Å². The smallest absolute Gasteiger partial charge is 0.216 e. The van der Waals surface area contributed by atoms with Gasteiger partial charge in [-0.15, -0.1) is 53.6 Å². The molecule has 0 amide bonds. The first-order valence-corrected chi connectivity index (χ1v) is 16.6. The van der Waals surface area contributed by atoms with Crippen LogP contribution < -0.4 is 0 Å². The maximum absolute atomic E-state index is 8.27. The summed E-state index contributed by atoms with van der Waals surface area (Å²) in [5.74, 6) is 0. The maximum Gasteiger partial charge on any atom is 0.216 e. The molecule has 0 unspecified atom stereocenters. The molecule has 3 aromatic carbocycles. The quantitative estimate of drug-likeness (QED) is 0.162. The van der Waals surface area contributed by atoms with Crippen LogP contribution in [0.4, 0.5) is 0 Å². The van der Waals surface area contributed by atoms with Crippen molar-refractivity contribution in [3.63, 3.8) is 0 Å². The second-order valence-corrected chi connectivity index (χ2v) is 14.8. The summed E-state index contributed by atoms with van der Waals surface area (Å²) in [6, 6.07) is 27.3. The molecule has 4 heterocycles. The second-order valence-electron chi connectivity index (χ2n) is 14.8. The van der Waals surface area contributed by atoms with Crippen molar-refractivity contribution in [3.05, 3.63) is 137 Å². The van der Waals surface area contributed by atoms with Gasteiger partial charge in [-0.05, 0) is 101 Å². The zero-order chi connectivity index (χ0) is 48.3. The van der Waals surface area contributed by atoms with Crippen LogP contribution >= 0.6 is 0 Å². The fourth-order valence-electron chi connectivity index (χ4n) is 5.82. The van der Waals surface area contributed by atoms with E-state index < -0.39 is 39.2 Å². The molecule has 0 fully saturated rings. The summed E-state index contributed by atoms with van der Waals surface area (Å²) in [5, 5.41) is 1.26. The Bertz CT molecular complexity index is 2830. The van der Waals surface area contributed by atoms with Gasteiger partial charge in [0.2, 0.25) is 5.71 Å². The Balaban J connectivity index is 0.000000289. The summed E-state index contributed by atoms with van der Waals surface area (Å²) >= 11 is 0. The van der Waals surface area contributed by atoms with E-state index in [0.29, 0.717) is 50.9 Å². The van der Waals surface area contributed by atoms with Gasteiger partial charge in [0.1, 0.15) is 0 Å². The van der Waals surface area contributed by atoms with E-state index in [2.05, 4.69) is 47.9 Å². The third-order valence-corrected chi connectivity index (χ3v) is 7.94. The van der Waals surface area contributed by atoms with Gasteiger partial charge in [0.05, 0.1) is 5.58 Å². The Hall–Kier alpha value is -4.44. The van der Waals surface area contributed by atoms with Crippen molar-refractivity contribution in [2.45, 2.75) is 81.7 Å². The van der Waals surface area contributed by atoms with Crippen LogP contribution in [0.2, 0.25) is 0 Å². The molecule has 52 heavy (non-hydrogen) atoms. The first-order valence-electron chi connectivity index (χ1n) is 23.6. The number of nitrogens with zero attached hydrogens (tertiary/aromatic N) is 3. The molecule has 4 aromatic heterocycles. The van der Waals surface area contributed by atoms with Crippen molar-refractivity contribution in [1.82, 2.24) is 15.0 Å². The van der Waals surface area contributed by atoms with E-state index in [1.807, 2.05) is 26.8 Å². The Morgan fingerprint density at radius 1 is 0.712 bits per heavy atom. The van der Waals surface area contributed by atoms with E-state index in [9.17, 15) is 0 Å². The van der Waals surface area contributed by atoms with Crippen molar-refractivity contribution in [2.24, 2.45) is 10.8 Å². The number of pyridine rings is 3. The number of hydrogen-bond donors (Lipinski definition) is 0. The molecule has 7 rings (SSSR count). The van der Waals surface area contributed by atoms with Gasteiger partial charge in [0.25, 0.3) is 0 Å². The summed E-state index contributed by atoms with van der Waals surface area (Å²) < 4.78 is 117. The number of aromatic nitrogens is 3. The van der Waals surface area contributed by atoms with Crippen LogP contribution in [0.15, 0.2) is 95.7 Å². The fourth-order valence-corrected chi connectivity index (χ4v) is 5.82. The third-order valence-electron chi connectivity index (χ3n) is 7.94. The Morgan fingerprint density at radius 2 is 1.52 bits per heavy atom. The minimum Gasteiger partial charge on any atom is -0.486 e. The van der Waals surface area contributed by atoms with E-state index in [4.69, 9.17) is 23.6 Å². The Morgan fingerprint density at radius 3 is 2.19 bits per heavy atom. The van der Waals surface area contributed by atoms with Crippen molar-refractivity contribution < 1.29 is 43.7 Å². The van der Waals surface area contributed by atoms with Crippen molar-refractivity contribution in [1.29, 1.82) is 0 Å². The first-order chi connectivity index (χ1) is 29.8. The third kappa shape index (κ3) is 9.31. The molecule has 0 N–H and O–H groups in total. The molecule has 0 aliphatic heterocycles. The van der Waals surface area contributed by atoms with Gasteiger partial charge in [-0.1, -0.05) is 95.7 Å². The standard InChI is InChI=1S/C30H29N2O.C17H20N.Ir/c1-18-14-21(16-30(4,5)6)11-13-22(18)26-15-27(31-17-19(26)2)25-9-7-8-23-24-12-10-20(3)32-29(24)33-28(23)25;1-13-5-8-15(9-6-13)16-10-7-14(12-18-16)11-17(2,3)4;/h7-8,10-15,17H,16H2,1-6H3;5-8,10,12H,11H2,1-4H3;/q2*-1;/i1D3,2D3,3D3;1D3,11D2;. The molecule has 0 saturated carbocycles. The monoisotopic (exact) mass is 878 g/mol. The predicted octanol–water partition coefficient (Wildman–Crippen LogP) is 12.5. The maximum atomic E-state index is 8.27. The molecule has 1 radical (unpaired) electrons. The molecular weight excluding hydrogens is 815 g/mol. The largest absolute Gasteiger partial charge is 0.486 e. The van der Waals surface area contributed by atoms with Crippen molar-refractivity contribution >= 4 is 22.1 Å². The number of hydrogen-bond acceptors (Lipinski definition) is 4. The van der Waals surface area contributed by atoms with Gasteiger partial charge in [0.15, 0.2) is 0 Å². The van der Waals surface area contributed by atoms with Gasteiger partial charge in [-0.25, -0.2) is 4.98 Å². The molecule has 0 atom stereocenters. The molecule has 4 nitrogen and oxygen atoms in total. The number of furan rings is 1. The fraction of sp³-hybridized carbons (Fsp3) is 0.298. The van der Waals surface area contributed by atoms with Crippen LogP contribution in [0.25, 0.3) is 55.7 Å². The van der Waals surface area contributed by atoms with Crippen LogP contribution in [-0.4, -0.2) is 15.0 Å². The Labute approximate surface area is 343 Å². The van der Waals surface area contributed by atoms with E-state index in [0.717, 1.165) is 5.56 Å². The molecule has 5 heteroatoms. The van der Waals surface area contributed by atoms with Crippen LogP contribution in [0.3, 0.4) is 0 Å². The van der Waals surface area contributed by atoms with E-state index >= 15 is 0 Å². The average molecular weight is 878 g/mol. The zero-order valence-electron chi connectivity index (χ0n) is 44.0. The molecule has 0 aliphatic carbocycles. The van der Waals surface area contributed by atoms with E-state index in [-0.39, 0.29) is 64.7 Å². The molecule has 0 bridgehead atoms.